The molecule has 0 rings (SSSR count). The highest BCUT2D eigenvalue weighted by atomic mass is 16.3. The maximum Gasteiger partial charge on any atom is 0.104 e. The first-order valence-corrected chi connectivity index (χ1v) is 9.80. The van der Waals surface area contributed by atoms with Gasteiger partial charge in [0.2, 0.25) is 0 Å². The van der Waals surface area contributed by atoms with Gasteiger partial charge in [-0.3, -0.25) is 9.80 Å². The number of aliphatic hydroxyl groups excluding tert-OH is 1. The molecule has 0 saturated heterocycles. The third-order valence-corrected chi connectivity index (χ3v) is 5.07. The number of nitrogens with one attached hydrogen (secondary N) is 1. The molecule has 24 heavy (non-hydrogen) atoms. The Kier molecular flexibility index (Phi) is 12.6. The van der Waals surface area contributed by atoms with Gasteiger partial charge in [-0.2, -0.15) is 0 Å². The highest BCUT2D eigenvalue weighted by Gasteiger charge is 2.29. The molecule has 0 aromatic rings. The van der Waals surface area contributed by atoms with Crippen molar-refractivity contribution in [2.45, 2.75) is 85.2 Å². The van der Waals surface area contributed by atoms with Crippen LogP contribution >= 0.6 is 0 Å². The fraction of sp³-hybridized carbons (Fsp3) is 0.900. The molecule has 0 aromatic carbocycles. The zero-order valence-electron chi connectivity index (χ0n) is 17.3. The predicted molar refractivity (Wildman–Crippen MR) is 106 cm³/mol. The lowest BCUT2D eigenvalue weighted by molar-refractivity contribution is 0.00308. The van der Waals surface area contributed by atoms with Crippen LogP contribution in [-0.2, 0) is 0 Å². The fourth-order valence-corrected chi connectivity index (χ4v) is 3.45. The molecule has 0 heterocycles. The Bertz CT molecular complexity index is 333. The van der Waals surface area contributed by atoms with Gasteiger partial charge in [-0.1, -0.05) is 45.8 Å². The highest BCUT2D eigenvalue weighted by Crippen LogP contribution is 2.21. The second kappa shape index (κ2) is 12.9. The standard InChI is InChI=1S/C20H43N3O/c1-9-12-16(4)14-23(17(5)13-10-2)20(21-7)19(11-3)15-22(8)18(6)24/h17-21,24H,4,9-15H2,1-3,5-8H3/t17-,18-,19-,20-/m1/s1. The monoisotopic (exact) mass is 341 g/mol. The quantitative estimate of drug-likeness (QED) is 0.373. The van der Waals surface area contributed by atoms with Crippen LogP contribution in [0.4, 0.5) is 0 Å². The van der Waals surface area contributed by atoms with Crippen molar-refractivity contribution in [2.24, 2.45) is 5.92 Å². The first-order valence-electron chi connectivity index (χ1n) is 9.80. The van der Waals surface area contributed by atoms with E-state index in [0.717, 1.165) is 32.4 Å². The lowest BCUT2D eigenvalue weighted by Crippen LogP contribution is -2.55. The number of aliphatic hydroxyl groups is 1. The van der Waals surface area contributed by atoms with E-state index in [4.69, 9.17) is 0 Å². The molecule has 0 amide bonds. The van der Waals surface area contributed by atoms with Crippen LogP contribution in [0.3, 0.4) is 0 Å². The van der Waals surface area contributed by atoms with Crippen molar-refractivity contribution in [3.63, 3.8) is 0 Å². The summed E-state index contributed by atoms with van der Waals surface area (Å²) in [5.41, 5.74) is 1.32. The average Bonchev–Trinajstić information content (AvgIpc) is 2.53. The Balaban J connectivity index is 5.27. The van der Waals surface area contributed by atoms with Crippen LogP contribution in [0.25, 0.3) is 0 Å². The van der Waals surface area contributed by atoms with Crippen molar-refractivity contribution in [1.82, 2.24) is 15.1 Å². The Morgan fingerprint density at radius 3 is 2.21 bits per heavy atom. The van der Waals surface area contributed by atoms with Gasteiger partial charge in [0.1, 0.15) is 6.23 Å². The summed E-state index contributed by atoms with van der Waals surface area (Å²) in [6.45, 7) is 17.0. The summed E-state index contributed by atoms with van der Waals surface area (Å²) in [5, 5.41) is 13.4. The third kappa shape index (κ3) is 8.11. The van der Waals surface area contributed by atoms with Crippen molar-refractivity contribution in [2.75, 3.05) is 27.2 Å². The Morgan fingerprint density at radius 1 is 1.17 bits per heavy atom. The lowest BCUT2D eigenvalue weighted by atomic mass is 9.97. The van der Waals surface area contributed by atoms with Gasteiger partial charge in [-0.05, 0) is 47.2 Å². The first-order chi connectivity index (χ1) is 11.3. The topological polar surface area (TPSA) is 38.7 Å². The van der Waals surface area contributed by atoms with Crippen molar-refractivity contribution < 1.29 is 5.11 Å². The number of nitrogens with zero attached hydrogens (tertiary/aromatic N) is 2. The minimum absolute atomic E-state index is 0.298. The zero-order chi connectivity index (χ0) is 18.7. The summed E-state index contributed by atoms with van der Waals surface area (Å²) in [6.07, 6.45) is 5.61. The molecule has 0 aliphatic carbocycles. The summed E-state index contributed by atoms with van der Waals surface area (Å²) >= 11 is 0. The van der Waals surface area contributed by atoms with Gasteiger partial charge in [0.25, 0.3) is 0 Å². The summed E-state index contributed by atoms with van der Waals surface area (Å²) < 4.78 is 0. The second-order valence-electron chi connectivity index (χ2n) is 7.28. The number of hydrogen-bond acceptors (Lipinski definition) is 4. The first kappa shape index (κ1) is 23.6. The molecule has 0 aliphatic heterocycles. The minimum atomic E-state index is -0.409. The molecule has 0 radical (unpaired) electrons. The van der Waals surface area contributed by atoms with Gasteiger partial charge >= 0.3 is 0 Å². The molecule has 0 saturated carbocycles. The van der Waals surface area contributed by atoms with Crippen LogP contribution in [-0.4, -0.2) is 60.5 Å². The molecule has 0 aromatic heterocycles. The Morgan fingerprint density at radius 2 is 1.79 bits per heavy atom. The van der Waals surface area contributed by atoms with Gasteiger partial charge in [0.15, 0.2) is 0 Å². The molecule has 0 aliphatic rings. The minimum Gasteiger partial charge on any atom is -0.379 e. The smallest absolute Gasteiger partial charge is 0.104 e. The van der Waals surface area contributed by atoms with E-state index in [0.29, 0.717) is 18.1 Å². The normalized spacial score (nSPS) is 17.1. The molecule has 0 spiro atoms. The summed E-state index contributed by atoms with van der Waals surface area (Å²) in [4.78, 5) is 4.62. The van der Waals surface area contributed by atoms with Crippen LogP contribution in [0.5, 0.6) is 0 Å². The molecule has 4 atom stereocenters. The van der Waals surface area contributed by atoms with E-state index in [2.05, 4.69) is 51.5 Å². The van der Waals surface area contributed by atoms with Crippen LogP contribution in [0, 0.1) is 5.92 Å². The fourth-order valence-electron chi connectivity index (χ4n) is 3.45. The zero-order valence-corrected chi connectivity index (χ0v) is 17.3. The van der Waals surface area contributed by atoms with Crippen LogP contribution < -0.4 is 5.32 Å². The third-order valence-electron chi connectivity index (χ3n) is 5.07. The predicted octanol–water partition coefficient (Wildman–Crippen LogP) is 3.68. The van der Waals surface area contributed by atoms with Crippen molar-refractivity contribution in [1.29, 1.82) is 0 Å². The van der Waals surface area contributed by atoms with Crippen LogP contribution in [0.1, 0.15) is 66.7 Å². The molecular weight excluding hydrogens is 298 g/mol. The van der Waals surface area contributed by atoms with Crippen molar-refractivity contribution in [3.05, 3.63) is 12.2 Å². The lowest BCUT2D eigenvalue weighted by Gasteiger charge is -2.42. The molecule has 4 heteroatoms. The summed E-state index contributed by atoms with van der Waals surface area (Å²) in [7, 11) is 4.06. The molecule has 144 valence electrons. The summed E-state index contributed by atoms with van der Waals surface area (Å²) in [5.74, 6) is 0.461. The van der Waals surface area contributed by atoms with Crippen molar-refractivity contribution >= 4 is 0 Å². The van der Waals surface area contributed by atoms with Gasteiger partial charge in [-0.25, -0.2) is 0 Å². The van der Waals surface area contributed by atoms with Gasteiger partial charge in [-0.15, -0.1) is 0 Å². The van der Waals surface area contributed by atoms with E-state index in [-0.39, 0.29) is 0 Å². The molecule has 4 nitrogen and oxygen atoms in total. The van der Waals surface area contributed by atoms with E-state index in [1.165, 1.54) is 18.4 Å². The molecule has 0 fully saturated rings. The van der Waals surface area contributed by atoms with Gasteiger partial charge in [0, 0.05) is 25.0 Å². The molecule has 0 unspecified atom stereocenters. The van der Waals surface area contributed by atoms with E-state index in [1.807, 2.05) is 18.9 Å². The number of hydrogen-bond donors (Lipinski definition) is 2. The van der Waals surface area contributed by atoms with Crippen LogP contribution in [0.15, 0.2) is 12.2 Å². The maximum atomic E-state index is 9.84. The highest BCUT2D eigenvalue weighted by molar-refractivity contribution is 4.99. The van der Waals surface area contributed by atoms with Gasteiger partial charge in [0.05, 0.1) is 6.17 Å². The van der Waals surface area contributed by atoms with Gasteiger partial charge < -0.3 is 10.4 Å². The average molecular weight is 342 g/mol. The molecule has 0 bridgehead atoms. The van der Waals surface area contributed by atoms with Crippen LogP contribution in [0.2, 0.25) is 0 Å². The van der Waals surface area contributed by atoms with E-state index >= 15 is 0 Å². The van der Waals surface area contributed by atoms with E-state index < -0.39 is 6.23 Å². The Hall–Kier alpha value is -0.420. The second-order valence-corrected chi connectivity index (χ2v) is 7.28. The summed E-state index contributed by atoms with van der Waals surface area (Å²) in [6, 6.07) is 0.520. The van der Waals surface area contributed by atoms with E-state index in [9.17, 15) is 5.11 Å². The largest absolute Gasteiger partial charge is 0.379 e. The SMILES string of the molecule is C=C(CCC)CN([C@H](C)CCC)[C@@H](NC)[C@H](CC)CN(C)[C@@H](C)O. The Labute approximate surface area is 151 Å². The van der Waals surface area contributed by atoms with Crippen molar-refractivity contribution in [3.8, 4) is 0 Å². The maximum absolute atomic E-state index is 9.84. The van der Waals surface area contributed by atoms with E-state index in [1.54, 1.807) is 0 Å². The molecular formula is C20H43N3O. The molecule has 2 N–H and O–H groups in total. The number of rotatable bonds is 14.